The van der Waals surface area contributed by atoms with Crippen molar-refractivity contribution in [1.82, 2.24) is 4.90 Å². The Morgan fingerprint density at radius 3 is 2.17 bits per heavy atom. The number of amidine groups is 1. The third kappa shape index (κ3) is 3.98. The number of aliphatic imine (C=N–C) groups is 1. The molecule has 1 amide bonds. The molecule has 0 atom stereocenters. The molecule has 0 saturated carbocycles. The zero-order valence-corrected chi connectivity index (χ0v) is 17.7. The Bertz CT molecular complexity index is 1030. The maximum Gasteiger partial charge on any atom is 0.262 e. The van der Waals surface area contributed by atoms with Crippen LogP contribution in [0.3, 0.4) is 0 Å². The third-order valence-electron chi connectivity index (χ3n) is 5.40. The molecule has 160 valence electrons. The Morgan fingerprint density at radius 2 is 1.60 bits per heavy atom. The molecule has 3 rings (SSSR count). The molecule has 0 radical (unpaired) electrons. The van der Waals surface area contributed by atoms with Crippen LogP contribution in [0.25, 0.3) is 0 Å². The van der Waals surface area contributed by atoms with E-state index in [1.54, 1.807) is 0 Å². The Kier molecular flexibility index (Phi) is 5.76. The minimum atomic E-state index is -2.00. The molecule has 0 saturated heterocycles. The lowest BCUT2D eigenvalue weighted by Crippen LogP contribution is -2.36. The highest BCUT2D eigenvalue weighted by Gasteiger charge is 2.31. The molecule has 0 spiro atoms. The molecule has 1 aliphatic heterocycles. The van der Waals surface area contributed by atoms with Crippen LogP contribution in [0.15, 0.2) is 23.2 Å². The van der Waals surface area contributed by atoms with Crippen molar-refractivity contribution in [3.05, 3.63) is 69.3 Å². The Balaban J connectivity index is 1.92. The van der Waals surface area contributed by atoms with Crippen molar-refractivity contribution < 1.29 is 22.4 Å². The SMILES string of the molecule is Cc1cc(C(C)(C)C)cc(C)c1CC1=NCCN1C(=O)c1cc(F)c(F)c(F)c1F. The van der Waals surface area contributed by atoms with Crippen LogP contribution in [-0.2, 0) is 11.8 Å². The second-order valence-corrected chi connectivity index (χ2v) is 8.62. The maximum absolute atomic E-state index is 14.1. The van der Waals surface area contributed by atoms with E-state index in [4.69, 9.17) is 0 Å². The van der Waals surface area contributed by atoms with Crippen molar-refractivity contribution in [3.8, 4) is 0 Å². The second-order valence-electron chi connectivity index (χ2n) is 8.62. The zero-order valence-electron chi connectivity index (χ0n) is 17.7. The molecule has 1 heterocycles. The predicted molar refractivity (Wildman–Crippen MR) is 108 cm³/mol. The van der Waals surface area contributed by atoms with Crippen LogP contribution in [-0.4, -0.2) is 29.7 Å². The number of carbonyl (C=O) groups is 1. The molecule has 3 nitrogen and oxygen atoms in total. The fourth-order valence-electron chi connectivity index (χ4n) is 3.60. The van der Waals surface area contributed by atoms with Crippen LogP contribution in [0.5, 0.6) is 0 Å². The highest BCUT2D eigenvalue weighted by molar-refractivity contribution is 6.08. The van der Waals surface area contributed by atoms with Gasteiger partial charge in [0.25, 0.3) is 5.91 Å². The van der Waals surface area contributed by atoms with Crippen LogP contribution in [0.2, 0.25) is 0 Å². The standard InChI is InChI=1S/C23H24F4N2O/c1-12-8-14(23(3,4)5)9-13(2)15(12)11-18-28-6-7-29(18)22(30)16-10-17(24)20(26)21(27)19(16)25/h8-10H,6-7,11H2,1-5H3. The van der Waals surface area contributed by atoms with Crippen molar-refractivity contribution in [2.45, 2.75) is 46.5 Å². The van der Waals surface area contributed by atoms with E-state index in [9.17, 15) is 22.4 Å². The largest absolute Gasteiger partial charge is 0.294 e. The van der Waals surface area contributed by atoms with Crippen LogP contribution in [0, 0.1) is 37.1 Å². The lowest BCUT2D eigenvalue weighted by atomic mass is 9.83. The summed E-state index contributed by atoms with van der Waals surface area (Å²) in [5, 5.41) is 0. The molecule has 0 bridgehead atoms. The number of nitrogens with zero attached hydrogens (tertiary/aromatic N) is 2. The normalized spacial score (nSPS) is 14.3. The Hall–Kier alpha value is -2.70. The smallest absolute Gasteiger partial charge is 0.262 e. The van der Waals surface area contributed by atoms with Gasteiger partial charge in [0, 0.05) is 13.0 Å². The number of rotatable bonds is 3. The van der Waals surface area contributed by atoms with Crippen molar-refractivity contribution in [1.29, 1.82) is 0 Å². The Labute approximate surface area is 173 Å². The lowest BCUT2D eigenvalue weighted by molar-refractivity contribution is 0.0849. The van der Waals surface area contributed by atoms with Gasteiger partial charge in [-0.3, -0.25) is 14.7 Å². The lowest BCUT2D eigenvalue weighted by Gasteiger charge is -2.24. The summed E-state index contributed by atoms with van der Waals surface area (Å²) in [6.45, 7) is 10.8. The van der Waals surface area contributed by atoms with Crippen molar-refractivity contribution >= 4 is 11.7 Å². The predicted octanol–water partition coefficient (Wildman–Crippen LogP) is 5.25. The number of aryl methyl sites for hydroxylation is 2. The molecule has 2 aromatic rings. The highest BCUT2D eigenvalue weighted by atomic mass is 19.2. The second kappa shape index (κ2) is 7.85. The fraction of sp³-hybridized carbons (Fsp3) is 0.391. The fourth-order valence-corrected chi connectivity index (χ4v) is 3.60. The van der Waals surface area contributed by atoms with E-state index in [1.807, 2.05) is 13.8 Å². The summed E-state index contributed by atoms with van der Waals surface area (Å²) in [5.41, 5.74) is 3.37. The van der Waals surface area contributed by atoms with E-state index in [-0.39, 0.29) is 12.0 Å². The summed E-state index contributed by atoms with van der Waals surface area (Å²) >= 11 is 0. The maximum atomic E-state index is 14.1. The van der Waals surface area contributed by atoms with Gasteiger partial charge in [-0.15, -0.1) is 0 Å². The molecule has 7 heteroatoms. The summed E-state index contributed by atoms with van der Waals surface area (Å²) in [6.07, 6.45) is 0.321. The topological polar surface area (TPSA) is 32.7 Å². The summed E-state index contributed by atoms with van der Waals surface area (Å²) in [4.78, 5) is 18.3. The van der Waals surface area contributed by atoms with Crippen LogP contribution >= 0.6 is 0 Å². The van der Waals surface area contributed by atoms with E-state index in [2.05, 4.69) is 37.9 Å². The first kappa shape index (κ1) is 22.0. The molecular formula is C23H24F4N2O. The van der Waals surface area contributed by atoms with Gasteiger partial charge in [0.15, 0.2) is 23.3 Å². The summed E-state index contributed by atoms with van der Waals surface area (Å²) < 4.78 is 54.5. The minimum Gasteiger partial charge on any atom is -0.294 e. The van der Waals surface area contributed by atoms with Gasteiger partial charge in [-0.2, -0.15) is 0 Å². The number of amides is 1. The number of hydrogen-bond donors (Lipinski definition) is 0. The molecule has 0 aromatic heterocycles. The number of halogens is 4. The highest BCUT2D eigenvalue weighted by Crippen LogP contribution is 2.28. The van der Waals surface area contributed by atoms with Crippen LogP contribution in [0.4, 0.5) is 17.6 Å². The molecule has 0 aliphatic carbocycles. The van der Waals surface area contributed by atoms with Gasteiger partial charge in [0.05, 0.1) is 12.1 Å². The van der Waals surface area contributed by atoms with Gasteiger partial charge >= 0.3 is 0 Å². The van der Waals surface area contributed by atoms with Crippen LogP contribution < -0.4 is 0 Å². The first-order valence-corrected chi connectivity index (χ1v) is 9.70. The van der Waals surface area contributed by atoms with E-state index < -0.39 is 34.7 Å². The number of benzene rings is 2. The molecule has 1 aliphatic rings. The molecule has 0 unspecified atom stereocenters. The Morgan fingerprint density at radius 1 is 1.00 bits per heavy atom. The van der Waals surface area contributed by atoms with E-state index in [0.717, 1.165) is 16.7 Å². The summed E-state index contributed by atoms with van der Waals surface area (Å²) in [7, 11) is 0. The zero-order chi connectivity index (χ0) is 22.4. The van der Waals surface area contributed by atoms with Gasteiger partial charge in [-0.05, 0) is 47.6 Å². The van der Waals surface area contributed by atoms with Gasteiger partial charge in [-0.1, -0.05) is 32.9 Å². The van der Waals surface area contributed by atoms with Crippen molar-refractivity contribution in [3.63, 3.8) is 0 Å². The van der Waals surface area contributed by atoms with Gasteiger partial charge < -0.3 is 0 Å². The van der Waals surface area contributed by atoms with Crippen LogP contribution in [0.1, 0.15) is 53.4 Å². The van der Waals surface area contributed by atoms with E-state index in [0.29, 0.717) is 24.9 Å². The number of hydrogen-bond acceptors (Lipinski definition) is 2. The van der Waals surface area contributed by atoms with Gasteiger partial charge in [0.2, 0.25) is 0 Å². The summed E-state index contributed by atoms with van der Waals surface area (Å²) in [6, 6.07) is 4.57. The molecule has 0 N–H and O–H groups in total. The third-order valence-corrected chi connectivity index (χ3v) is 5.40. The van der Waals surface area contributed by atoms with Gasteiger partial charge in [-0.25, -0.2) is 17.6 Å². The van der Waals surface area contributed by atoms with Gasteiger partial charge in [0.1, 0.15) is 5.84 Å². The van der Waals surface area contributed by atoms with E-state index >= 15 is 0 Å². The average molecular weight is 420 g/mol. The summed E-state index contributed by atoms with van der Waals surface area (Å²) in [5.74, 6) is -7.81. The first-order chi connectivity index (χ1) is 13.9. The minimum absolute atomic E-state index is 0.0187. The molecule has 0 fully saturated rings. The van der Waals surface area contributed by atoms with Crippen molar-refractivity contribution in [2.75, 3.05) is 13.1 Å². The number of carbonyl (C=O) groups excluding carboxylic acids is 1. The molecule has 2 aromatic carbocycles. The monoisotopic (exact) mass is 420 g/mol. The average Bonchev–Trinajstić information content (AvgIpc) is 3.12. The molecule has 30 heavy (non-hydrogen) atoms. The van der Waals surface area contributed by atoms with Crippen molar-refractivity contribution in [2.24, 2.45) is 4.99 Å². The quantitative estimate of drug-likeness (QED) is 0.379. The van der Waals surface area contributed by atoms with E-state index in [1.165, 1.54) is 10.5 Å². The molecular weight excluding hydrogens is 396 g/mol. The first-order valence-electron chi connectivity index (χ1n) is 9.70.